The third-order valence-corrected chi connectivity index (χ3v) is 3.97. The number of hydrogen-bond acceptors (Lipinski definition) is 4. The second-order valence-electron chi connectivity index (χ2n) is 4.50. The number of amides is 1. The molecule has 0 aromatic heterocycles. The first-order chi connectivity index (χ1) is 9.22. The first kappa shape index (κ1) is 14.2. The topological polar surface area (TPSA) is 41.6 Å². The summed E-state index contributed by atoms with van der Waals surface area (Å²) in [6.07, 6.45) is 2.04. The van der Waals surface area contributed by atoms with Crippen molar-refractivity contribution in [1.29, 1.82) is 0 Å². The average molecular weight is 280 g/mol. The number of carbonyl (C=O) groups excluding carboxylic acids is 1. The summed E-state index contributed by atoms with van der Waals surface area (Å²) >= 11 is 1.68. The largest absolute Gasteiger partial charge is 0.378 e. The Balaban J connectivity index is 1.99. The van der Waals surface area contributed by atoms with Crippen LogP contribution in [0.1, 0.15) is 6.92 Å². The number of thioether (sulfide) groups is 1. The lowest BCUT2D eigenvalue weighted by Gasteiger charge is -2.30. The highest BCUT2D eigenvalue weighted by Crippen LogP contribution is 2.25. The van der Waals surface area contributed by atoms with Crippen molar-refractivity contribution in [3.63, 3.8) is 0 Å². The number of nitrogens with one attached hydrogen (secondary N) is 1. The molecule has 1 saturated heterocycles. The summed E-state index contributed by atoms with van der Waals surface area (Å²) in [5.74, 6) is 0.138. The fourth-order valence-electron chi connectivity index (χ4n) is 2.12. The summed E-state index contributed by atoms with van der Waals surface area (Å²) in [5, 5.41) is 3.31. The normalized spacial score (nSPS) is 17.1. The zero-order chi connectivity index (χ0) is 13.7. The maximum atomic E-state index is 12.3. The first-order valence-corrected chi connectivity index (χ1v) is 7.71. The molecule has 1 heterocycles. The molecule has 1 atom stereocenters. The number of nitrogens with zero attached hydrogens (tertiary/aromatic N) is 1. The van der Waals surface area contributed by atoms with Crippen molar-refractivity contribution in [3.05, 3.63) is 24.3 Å². The molecule has 0 aliphatic carbocycles. The summed E-state index contributed by atoms with van der Waals surface area (Å²) in [6.45, 7) is 4.57. The van der Waals surface area contributed by atoms with Gasteiger partial charge in [0.25, 0.3) is 0 Å². The van der Waals surface area contributed by atoms with Crippen LogP contribution in [0.2, 0.25) is 0 Å². The van der Waals surface area contributed by atoms with Crippen molar-refractivity contribution < 1.29 is 9.53 Å². The third-order valence-electron chi connectivity index (χ3n) is 3.17. The van der Waals surface area contributed by atoms with Crippen molar-refractivity contribution in [2.75, 3.05) is 37.9 Å². The van der Waals surface area contributed by atoms with Crippen molar-refractivity contribution >= 4 is 23.4 Å². The minimum atomic E-state index is -0.216. The standard InChI is InChI=1S/C14H20N2O2S/c1-11(14(17)16-7-9-18-10-8-16)15-12-5-3-4-6-13(12)19-2/h3-6,11,15H,7-10H2,1-2H3. The minimum Gasteiger partial charge on any atom is -0.378 e. The fraction of sp³-hybridized carbons (Fsp3) is 0.500. The van der Waals surface area contributed by atoms with E-state index in [1.54, 1.807) is 11.8 Å². The van der Waals surface area contributed by atoms with E-state index in [4.69, 9.17) is 4.74 Å². The molecule has 1 unspecified atom stereocenters. The van der Waals surface area contributed by atoms with E-state index in [1.807, 2.05) is 36.3 Å². The molecule has 1 aromatic rings. The van der Waals surface area contributed by atoms with Crippen LogP contribution in [0.4, 0.5) is 5.69 Å². The maximum absolute atomic E-state index is 12.3. The Hall–Kier alpha value is -1.20. The summed E-state index contributed by atoms with van der Waals surface area (Å²) in [5.41, 5.74) is 1.02. The van der Waals surface area contributed by atoms with Gasteiger partial charge in [-0.2, -0.15) is 0 Å². The zero-order valence-electron chi connectivity index (χ0n) is 11.4. The van der Waals surface area contributed by atoms with Crippen LogP contribution in [0.3, 0.4) is 0 Å². The summed E-state index contributed by atoms with van der Waals surface area (Å²) in [6, 6.07) is 7.83. The van der Waals surface area contributed by atoms with Crippen molar-refractivity contribution in [1.82, 2.24) is 4.90 Å². The number of hydrogen-bond donors (Lipinski definition) is 1. The molecule has 1 fully saturated rings. The van der Waals surface area contributed by atoms with Gasteiger partial charge in [0, 0.05) is 23.7 Å². The van der Waals surface area contributed by atoms with Gasteiger partial charge in [0.05, 0.1) is 13.2 Å². The van der Waals surface area contributed by atoms with Gasteiger partial charge in [-0.25, -0.2) is 0 Å². The lowest BCUT2D eigenvalue weighted by Crippen LogP contribution is -2.47. The molecule has 1 aliphatic heterocycles. The molecule has 19 heavy (non-hydrogen) atoms. The Labute approximate surface area is 118 Å². The van der Waals surface area contributed by atoms with E-state index in [9.17, 15) is 4.79 Å². The Bertz CT molecular complexity index is 433. The number of ether oxygens (including phenoxy) is 1. The molecule has 0 radical (unpaired) electrons. The third kappa shape index (κ3) is 3.64. The molecule has 104 valence electrons. The number of morpholine rings is 1. The van der Waals surface area contributed by atoms with Crippen molar-refractivity contribution in [3.8, 4) is 0 Å². The first-order valence-electron chi connectivity index (χ1n) is 6.48. The van der Waals surface area contributed by atoms with E-state index >= 15 is 0 Å². The number of anilines is 1. The van der Waals surface area contributed by atoms with Crippen LogP contribution in [0.5, 0.6) is 0 Å². The molecule has 5 heteroatoms. The Morgan fingerprint density at radius 2 is 2.05 bits per heavy atom. The van der Waals surface area contributed by atoms with Crippen LogP contribution < -0.4 is 5.32 Å². The second kappa shape index (κ2) is 6.82. The lowest BCUT2D eigenvalue weighted by atomic mass is 10.2. The minimum absolute atomic E-state index is 0.138. The monoisotopic (exact) mass is 280 g/mol. The molecule has 4 nitrogen and oxygen atoms in total. The summed E-state index contributed by atoms with van der Waals surface area (Å²) in [7, 11) is 0. The predicted octanol–water partition coefficient (Wildman–Crippen LogP) is 2.07. The van der Waals surface area contributed by atoms with E-state index in [2.05, 4.69) is 11.4 Å². The van der Waals surface area contributed by atoms with Crippen molar-refractivity contribution in [2.24, 2.45) is 0 Å². The van der Waals surface area contributed by atoms with Crippen LogP contribution in [-0.4, -0.2) is 49.4 Å². The summed E-state index contributed by atoms with van der Waals surface area (Å²) < 4.78 is 5.27. The van der Waals surface area contributed by atoms with Gasteiger partial charge in [0.15, 0.2) is 0 Å². The van der Waals surface area contributed by atoms with E-state index in [0.29, 0.717) is 26.3 Å². The van der Waals surface area contributed by atoms with Gasteiger partial charge >= 0.3 is 0 Å². The van der Waals surface area contributed by atoms with Crippen LogP contribution in [-0.2, 0) is 9.53 Å². The number of para-hydroxylation sites is 1. The summed E-state index contributed by atoms with van der Waals surface area (Å²) in [4.78, 5) is 15.3. The number of benzene rings is 1. The SMILES string of the molecule is CSc1ccccc1NC(C)C(=O)N1CCOCC1. The van der Waals surface area contributed by atoms with Gasteiger partial charge in [-0.3, -0.25) is 4.79 Å². The molecular weight excluding hydrogens is 260 g/mol. The zero-order valence-corrected chi connectivity index (χ0v) is 12.2. The van der Waals surface area contributed by atoms with Crippen LogP contribution in [0.15, 0.2) is 29.2 Å². The second-order valence-corrected chi connectivity index (χ2v) is 5.35. The van der Waals surface area contributed by atoms with Crippen LogP contribution in [0.25, 0.3) is 0 Å². The number of rotatable bonds is 4. The fourth-order valence-corrected chi connectivity index (χ4v) is 2.68. The Morgan fingerprint density at radius 1 is 1.37 bits per heavy atom. The molecule has 1 N–H and O–H groups in total. The maximum Gasteiger partial charge on any atom is 0.244 e. The van der Waals surface area contributed by atoms with E-state index in [1.165, 1.54) is 0 Å². The van der Waals surface area contributed by atoms with E-state index in [0.717, 1.165) is 10.6 Å². The van der Waals surface area contributed by atoms with Gasteiger partial charge in [0.2, 0.25) is 5.91 Å². The van der Waals surface area contributed by atoms with Gasteiger partial charge in [-0.05, 0) is 25.3 Å². The quantitative estimate of drug-likeness (QED) is 0.857. The molecule has 1 aromatic carbocycles. The highest BCUT2D eigenvalue weighted by molar-refractivity contribution is 7.98. The van der Waals surface area contributed by atoms with Gasteiger partial charge in [-0.1, -0.05) is 12.1 Å². The lowest BCUT2D eigenvalue weighted by molar-refractivity contribution is -0.135. The number of carbonyl (C=O) groups is 1. The predicted molar refractivity (Wildman–Crippen MR) is 78.7 cm³/mol. The van der Waals surface area contributed by atoms with Gasteiger partial charge in [-0.15, -0.1) is 11.8 Å². The Morgan fingerprint density at radius 3 is 2.74 bits per heavy atom. The molecule has 2 rings (SSSR count). The van der Waals surface area contributed by atoms with E-state index in [-0.39, 0.29) is 11.9 Å². The van der Waals surface area contributed by atoms with Gasteiger partial charge < -0.3 is 15.0 Å². The highest BCUT2D eigenvalue weighted by atomic mass is 32.2. The molecular formula is C14H20N2O2S. The smallest absolute Gasteiger partial charge is 0.244 e. The van der Waals surface area contributed by atoms with Crippen molar-refractivity contribution in [2.45, 2.75) is 17.9 Å². The molecule has 0 bridgehead atoms. The highest BCUT2D eigenvalue weighted by Gasteiger charge is 2.22. The van der Waals surface area contributed by atoms with E-state index < -0.39 is 0 Å². The van der Waals surface area contributed by atoms with Crippen LogP contribution in [0, 0.1) is 0 Å². The molecule has 0 saturated carbocycles. The molecule has 0 spiro atoms. The average Bonchev–Trinajstić information content (AvgIpc) is 2.48. The van der Waals surface area contributed by atoms with Crippen LogP contribution >= 0.6 is 11.8 Å². The Kier molecular flexibility index (Phi) is 5.10. The molecule has 1 amide bonds. The van der Waals surface area contributed by atoms with Gasteiger partial charge in [0.1, 0.15) is 6.04 Å². The molecule has 1 aliphatic rings.